The summed E-state index contributed by atoms with van der Waals surface area (Å²) in [5, 5.41) is 3.11. The number of sulfonamides is 1. The van der Waals surface area contributed by atoms with Gasteiger partial charge in [0.1, 0.15) is 23.8 Å². The Labute approximate surface area is 187 Å². The largest absolute Gasteiger partial charge is 0.416 e. The summed E-state index contributed by atoms with van der Waals surface area (Å²) in [6.07, 6.45) is 0.341. The molecule has 0 saturated heterocycles. The minimum absolute atomic E-state index is 0.191. The average molecular weight is 474 g/mol. The van der Waals surface area contributed by atoms with E-state index in [-0.39, 0.29) is 5.69 Å². The van der Waals surface area contributed by atoms with Crippen LogP contribution >= 0.6 is 0 Å². The molecule has 0 fully saturated rings. The first-order chi connectivity index (χ1) is 15.6. The number of aromatic nitrogens is 4. The summed E-state index contributed by atoms with van der Waals surface area (Å²) in [7, 11) is -4.20. The Kier molecular flexibility index (Phi) is 5.77. The number of imidazole rings is 1. The molecule has 4 rings (SSSR count). The van der Waals surface area contributed by atoms with Crippen LogP contribution < -0.4 is 10.0 Å². The van der Waals surface area contributed by atoms with Gasteiger partial charge in [0, 0.05) is 29.8 Å². The van der Waals surface area contributed by atoms with Crippen molar-refractivity contribution < 1.29 is 21.6 Å². The summed E-state index contributed by atoms with van der Waals surface area (Å²) in [5.74, 6) is 1.67. The summed E-state index contributed by atoms with van der Waals surface area (Å²) in [6.45, 7) is 1.75. The van der Waals surface area contributed by atoms with Crippen molar-refractivity contribution in [3.8, 4) is 5.82 Å². The van der Waals surface area contributed by atoms with Gasteiger partial charge in [-0.05, 0) is 49.4 Å². The number of aryl methyl sites for hydroxylation is 1. The van der Waals surface area contributed by atoms with Gasteiger partial charge in [0.25, 0.3) is 10.0 Å². The number of halogens is 3. The second-order valence-electron chi connectivity index (χ2n) is 6.96. The number of alkyl halides is 3. The Bertz CT molecular complexity index is 1370. The predicted molar refractivity (Wildman–Crippen MR) is 116 cm³/mol. The first-order valence-electron chi connectivity index (χ1n) is 9.51. The SMILES string of the molecule is Cc1nc(Nc2ccc(NS(=O)(=O)c3cccc(C(F)(F)F)c3)cc2)cc(-n2ccnc2)n1. The number of nitrogens with zero attached hydrogens (tertiary/aromatic N) is 4. The third kappa shape index (κ3) is 5.29. The highest BCUT2D eigenvalue weighted by atomic mass is 32.2. The summed E-state index contributed by atoms with van der Waals surface area (Å²) >= 11 is 0. The van der Waals surface area contributed by atoms with Crippen molar-refractivity contribution in [3.05, 3.63) is 84.7 Å². The molecule has 2 N–H and O–H groups in total. The minimum atomic E-state index is -4.64. The summed E-state index contributed by atoms with van der Waals surface area (Å²) in [4.78, 5) is 12.2. The van der Waals surface area contributed by atoms with Crippen molar-refractivity contribution in [1.82, 2.24) is 19.5 Å². The van der Waals surface area contributed by atoms with E-state index in [0.29, 0.717) is 29.2 Å². The molecule has 33 heavy (non-hydrogen) atoms. The molecule has 12 heteroatoms. The maximum Gasteiger partial charge on any atom is 0.416 e. The lowest BCUT2D eigenvalue weighted by Gasteiger charge is -2.12. The lowest BCUT2D eigenvalue weighted by atomic mass is 10.2. The Morgan fingerprint density at radius 1 is 0.970 bits per heavy atom. The summed E-state index contributed by atoms with van der Waals surface area (Å²) in [6, 6.07) is 11.5. The van der Waals surface area contributed by atoms with Crippen molar-refractivity contribution >= 4 is 27.2 Å². The van der Waals surface area contributed by atoms with Crippen LogP contribution in [0.2, 0.25) is 0 Å². The van der Waals surface area contributed by atoms with Crippen molar-refractivity contribution in [1.29, 1.82) is 0 Å². The molecule has 0 radical (unpaired) electrons. The molecule has 0 aliphatic rings. The van der Waals surface area contributed by atoms with E-state index in [0.717, 1.165) is 18.2 Å². The zero-order chi connectivity index (χ0) is 23.6. The van der Waals surface area contributed by atoms with Crippen LogP contribution in [-0.2, 0) is 16.2 Å². The monoisotopic (exact) mass is 474 g/mol. The number of rotatable bonds is 6. The average Bonchev–Trinajstić information content (AvgIpc) is 3.29. The zero-order valence-electron chi connectivity index (χ0n) is 17.1. The second kappa shape index (κ2) is 8.54. The number of nitrogens with one attached hydrogen (secondary N) is 2. The molecule has 170 valence electrons. The van der Waals surface area contributed by atoms with Gasteiger partial charge in [0.15, 0.2) is 0 Å². The van der Waals surface area contributed by atoms with Crippen molar-refractivity contribution in [2.45, 2.75) is 18.0 Å². The maximum atomic E-state index is 12.9. The molecule has 0 spiro atoms. The Morgan fingerprint density at radius 3 is 2.36 bits per heavy atom. The van der Waals surface area contributed by atoms with Gasteiger partial charge in [-0.2, -0.15) is 13.2 Å². The van der Waals surface area contributed by atoms with E-state index < -0.39 is 26.7 Å². The summed E-state index contributed by atoms with van der Waals surface area (Å²) < 4.78 is 67.8. The maximum absolute atomic E-state index is 12.9. The fraction of sp³-hybridized carbons (Fsp3) is 0.0952. The molecule has 0 aliphatic heterocycles. The Morgan fingerprint density at radius 2 is 1.70 bits per heavy atom. The number of hydrogen-bond donors (Lipinski definition) is 2. The molecule has 0 atom stereocenters. The van der Waals surface area contributed by atoms with E-state index in [1.165, 1.54) is 12.1 Å². The highest BCUT2D eigenvalue weighted by Gasteiger charge is 2.31. The van der Waals surface area contributed by atoms with Gasteiger partial charge in [-0.15, -0.1) is 0 Å². The van der Waals surface area contributed by atoms with Gasteiger partial charge in [0.05, 0.1) is 10.5 Å². The summed E-state index contributed by atoms with van der Waals surface area (Å²) in [5.41, 5.74) is -0.234. The molecule has 2 aromatic heterocycles. The topological polar surface area (TPSA) is 102 Å². The van der Waals surface area contributed by atoms with E-state index in [1.54, 1.807) is 48.4 Å². The van der Waals surface area contributed by atoms with Crippen LogP contribution in [-0.4, -0.2) is 27.9 Å². The smallest absolute Gasteiger partial charge is 0.340 e. The van der Waals surface area contributed by atoms with E-state index in [1.807, 2.05) is 0 Å². The standard InChI is InChI=1S/C21H17F3N6O2S/c1-14-26-19(12-20(27-14)30-10-9-25-13-30)28-16-5-7-17(8-6-16)29-33(31,32)18-4-2-3-15(11-18)21(22,23)24/h2-13,29H,1H3,(H,26,27,28). The molecule has 0 amide bonds. The fourth-order valence-electron chi connectivity index (χ4n) is 2.97. The van der Waals surface area contributed by atoms with Gasteiger partial charge in [0.2, 0.25) is 0 Å². The number of benzene rings is 2. The molecule has 8 nitrogen and oxygen atoms in total. The van der Waals surface area contributed by atoms with Crippen LogP contribution in [0, 0.1) is 6.92 Å². The number of anilines is 3. The molecular weight excluding hydrogens is 457 g/mol. The molecule has 0 aliphatic carbocycles. The van der Waals surface area contributed by atoms with E-state index in [9.17, 15) is 21.6 Å². The first kappa shape index (κ1) is 22.3. The molecule has 0 bridgehead atoms. The highest BCUT2D eigenvalue weighted by Crippen LogP contribution is 2.31. The van der Waals surface area contributed by atoms with E-state index in [2.05, 4.69) is 25.0 Å². The van der Waals surface area contributed by atoms with Crippen molar-refractivity contribution in [3.63, 3.8) is 0 Å². The molecule has 0 unspecified atom stereocenters. The zero-order valence-corrected chi connectivity index (χ0v) is 17.9. The van der Waals surface area contributed by atoms with Crippen LogP contribution in [0.1, 0.15) is 11.4 Å². The van der Waals surface area contributed by atoms with Crippen molar-refractivity contribution in [2.24, 2.45) is 0 Å². The van der Waals surface area contributed by atoms with Crippen LogP contribution in [0.4, 0.5) is 30.4 Å². The van der Waals surface area contributed by atoms with Crippen LogP contribution in [0.15, 0.2) is 78.2 Å². The Hall–Kier alpha value is -3.93. The molecule has 2 aromatic carbocycles. The van der Waals surface area contributed by atoms with E-state index in [4.69, 9.17) is 0 Å². The van der Waals surface area contributed by atoms with Gasteiger partial charge >= 0.3 is 6.18 Å². The number of hydrogen-bond acceptors (Lipinski definition) is 6. The molecule has 4 aromatic rings. The van der Waals surface area contributed by atoms with Gasteiger partial charge in [-0.1, -0.05) is 6.07 Å². The Balaban J connectivity index is 1.50. The van der Waals surface area contributed by atoms with Gasteiger partial charge < -0.3 is 5.32 Å². The normalized spacial score (nSPS) is 11.9. The van der Waals surface area contributed by atoms with E-state index >= 15 is 0 Å². The van der Waals surface area contributed by atoms with Gasteiger partial charge in [-0.25, -0.2) is 23.4 Å². The minimum Gasteiger partial charge on any atom is -0.340 e. The quantitative estimate of drug-likeness (QED) is 0.426. The van der Waals surface area contributed by atoms with Gasteiger partial charge in [-0.3, -0.25) is 9.29 Å². The fourth-order valence-corrected chi connectivity index (χ4v) is 4.07. The van der Waals surface area contributed by atoms with Crippen molar-refractivity contribution in [2.75, 3.05) is 10.0 Å². The first-order valence-corrected chi connectivity index (χ1v) is 11.0. The molecular formula is C21H17F3N6O2S. The van der Waals surface area contributed by atoms with Crippen LogP contribution in [0.25, 0.3) is 5.82 Å². The van der Waals surface area contributed by atoms with Crippen LogP contribution in [0.5, 0.6) is 0 Å². The highest BCUT2D eigenvalue weighted by molar-refractivity contribution is 7.92. The third-order valence-corrected chi connectivity index (χ3v) is 5.85. The predicted octanol–water partition coefficient (Wildman–Crippen LogP) is 4.53. The lowest BCUT2D eigenvalue weighted by molar-refractivity contribution is -0.137. The lowest BCUT2D eigenvalue weighted by Crippen LogP contribution is -2.14. The molecule has 2 heterocycles. The van der Waals surface area contributed by atoms with Crippen LogP contribution in [0.3, 0.4) is 0 Å². The second-order valence-corrected chi connectivity index (χ2v) is 8.64. The third-order valence-electron chi connectivity index (χ3n) is 4.47. The molecule has 0 saturated carbocycles.